The summed E-state index contributed by atoms with van der Waals surface area (Å²) in [5.41, 5.74) is 7.07. The second kappa shape index (κ2) is 8.51. The van der Waals surface area contributed by atoms with Crippen molar-refractivity contribution in [1.29, 1.82) is 0 Å². The van der Waals surface area contributed by atoms with Crippen LogP contribution in [0.2, 0.25) is 0 Å². The molecule has 2 aliphatic carbocycles. The van der Waals surface area contributed by atoms with Gasteiger partial charge in [0.25, 0.3) is 0 Å². The van der Waals surface area contributed by atoms with Gasteiger partial charge < -0.3 is 15.2 Å². The molecule has 5 heteroatoms. The molecule has 0 aromatic heterocycles. The number of aryl methyl sites for hydroxylation is 3. The SMILES string of the molecule is CN(C)CCCO/N=C1\CCc2cc3c(cc21)CCC3.Cl.O. The number of fused-ring (bicyclic) bond motifs is 2. The van der Waals surface area contributed by atoms with Gasteiger partial charge in [0.15, 0.2) is 0 Å². The van der Waals surface area contributed by atoms with Crippen LogP contribution < -0.4 is 0 Å². The van der Waals surface area contributed by atoms with Crippen LogP contribution in [0.25, 0.3) is 0 Å². The number of halogens is 1. The van der Waals surface area contributed by atoms with E-state index in [0.29, 0.717) is 6.61 Å². The molecule has 1 aromatic carbocycles. The molecular weight excluding hydrogens is 300 g/mol. The molecule has 4 nitrogen and oxygen atoms in total. The maximum atomic E-state index is 5.51. The predicted octanol–water partition coefficient (Wildman–Crippen LogP) is 2.39. The van der Waals surface area contributed by atoms with Gasteiger partial charge in [0.1, 0.15) is 6.61 Å². The average Bonchev–Trinajstić information content (AvgIpc) is 3.02. The molecule has 0 atom stereocenters. The summed E-state index contributed by atoms with van der Waals surface area (Å²) in [6.45, 7) is 1.76. The normalized spacial score (nSPS) is 17.0. The van der Waals surface area contributed by atoms with E-state index >= 15 is 0 Å². The monoisotopic (exact) mass is 326 g/mol. The maximum absolute atomic E-state index is 5.51. The van der Waals surface area contributed by atoms with E-state index in [1.807, 2.05) is 0 Å². The highest BCUT2D eigenvalue weighted by Gasteiger charge is 2.22. The van der Waals surface area contributed by atoms with Crippen molar-refractivity contribution < 1.29 is 10.3 Å². The number of oxime groups is 1. The summed E-state index contributed by atoms with van der Waals surface area (Å²) in [4.78, 5) is 7.68. The highest BCUT2D eigenvalue weighted by molar-refractivity contribution is 6.04. The van der Waals surface area contributed by atoms with Crippen LogP contribution in [0.1, 0.15) is 41.5 Å². The number of nitrogens with zero attached hydrogens (tertiary/aromatic N) is 2. The lowest BCUT2D eigenvalue weighted by atomic mass is 10.0. The highest BCUT2D eigenvalue weighted by atomic mass is 35.5. The summed E-state index contributed by atoms with van der Waals surface area (Å²) in [7, 11) is 4.17. The standard InChI is InChI=1S/C17H24N2O.ClH.H2O/c1-19(2)9-4-10-20-18-17-8-7-15-11-13-5-3-6-14(13)12-16(15)17;;/h11-12H,3-10H2,1-2H3;1H;1H2/b18-17+;;. The molecule has 2 N–H and O–H groups in total. The third-order valence-corrected chi connectivity index (χ3v) is 4.28. The molecule has 0 heterocycles. The second-order valence-electron chi connectivity index (χ2n) is 6.16. The van der Waals surface area contributed by atoms with Crippen molar-refractivity contribution >= 4 is 18.1 Å². The van der Waals surface area contributed by atoms with E-state index in [9.17, 15) is 0 Å². The minimum atomic E-state index is 0. The number of rotatable bonds is 5. The Balaban J connectivity index is 0.00000121. The fraction of sp³-hybridized carbons (Fsp3) is 0.588. The second-order valence-corrected chi connectivity index (χ2v) is 6.16. The fourth-order valence-corrected chi connectivity index (χ4v) is 3.20. The van der Waals surface area contributed by atoms with Crippen LogP contribution in [-0.4, -0.2) is 43.3 Å². The third kappa shape index (κ3) is 4.22. The number of hydrogen-bond acceptors (Lipinski definition) is 3. The third-order valence-electron chi connectivity index (χ3n) is 4.28. The summed E-state index contributed by atoms with van der Waals surface area (Å²) in [6, 6.07) is 4.78. The Morgan fingerprint density at radius 3 is 2.50 bits per heavy atom. The first-order chi connectivity index (χ1) is 9.74. The van der Waals surface area contributed by atoms with Crippen LogP contribution in [0.4, 0.5) is 0 Å². The lowest BCUT2D eigenvalue weighted by Crippen LogP contribution is -2.14. The Labute approximate surface area is 139 Å². The van der Waals surface area contributed by atoms with Gasteiger partial charge in [-0.1, -0.05) is 11.2 Å². The van der Waals surface area contributed by atoms with Gasteiger partial charge in [0.05, 0.1) is 5.71 Å². The fourth-order valence-electron chi connectivity index (χ4n) is 3.20. The van der Waals surface area contributed by atoms with Crippen molar-refractivity contribution in [3.63, 3.8) is 0 Å². The van der Waals surface area contributed by atoms with Crippen molar-refractivity contribution in [2.24, 2.45) is 5.16 Å². The lowest BCUT2D eigenvalue weighted by molar-refractivity contribution is 0.135. The van der Waals surface area contributed by atoms with E-state index in [0.717, 1.165) is 31.5 Å². The van der Waals surface area contributed by atoms with Crippen molar-refractivity contribution in [1.82, 2.24) is 4.90 Å². The van der Waals surface area contributed by atoms with Gasteiger partial charge >= 0.3 is 0 Å². The molecular formula is C17H27ClN2O2. The predicted molar refractivity (Wildman–Crippen MR) is 93.3 cm³/mol. The van der Waals surface area contributed by atoms with Crippen molar-refractivity contribution in [3.8, 4) is 0 Å². The van der Waals surface area contributed by atoms with E-state index in [1.165, 1.54) is 36.0 Å². The van der Waals surface area contributed by atoms with Gasteiger partial charge in [-0.05, 0) is 75.4 Å². The molecule has 3 rings (SSSR count). The Bertz CT molecular complexity index is 530. The van der Waals surface area contributed by atoms with Gasteiger partial charge in [0.2, 0.25) is 0 Å². The van der Waals surface area contributed by atoms with E-state index < -0.39 is 0 Å². The molecule has 2 aliphatic rings. The van der Waals surface area contributed by atoms with E-state index in [-0.39, 0.29) is 17.9 Å². The number of hydrogen-bond donors (Lipinski definition) is 0. The largest absolute Gasteiger partial charge is 0.412 e. The van der Waals surface area contributed by atoms with E-state index in [1.54, 1.807) is 5.56 Å². The van der Waals surface area contributed by atoms with Crippen molar-refractivity contribution in [3.05, 3.63) is 34.4 Å². The Hall–Kier alpha value is -1.10. The minimum Gasteiger partial charge on any atom is -0.412 e. The van der Waals surface area contributed by atoms with Crippen molar-refractivity contribution in [2.75, 3.05) is 27.2 Å². The molecule has 0 spiro atoms. The molecule has 0 bridgehead atoms. The van der Waals surface area contributed by atoms with E-state index in [4.69, 9.17) is 4.84 Å². The molecule has 22 heavy (non-hydrogen) atoms. The van der Waals surface area contributed by atoms with Crippen LogP contribution in [0.5, 0.6) is 0 Å². The zero-order valence-electron chi connectivity index (χ0n) is 13.5. The molecule has 0 radical (unpaired) electrons. The van der Waals surface area contributed by atoms with Crippen molar-refractivity contribution in [2.45, 2.75) is 38.5 Å². The Morgan fingerprint density at radius 2 is 1.77 bits per heavy atom. The lowest BCUT2D eigenvalue weighted by Gasteiger charge is -2.08. The van der Waals surface area contributed by atoms with Gasteiger partial charge in [-0.15, -0.1) is 12.4 Å². The van der Waals surface area contributed by atoms with E-state index in [2.05, 4.69) is 36.3 Å². The quantitative estimate of drug-likeness (QED) is 0.616. The van der Waals surface area contributed by atoms with Crippen LogP contribution in [0, 0.1) is 0 Å². The zero-order chi connectivity index (χ0) is 13.9. The Morgan fingerprint density at radius 1 is 1.05 bits per heavy atom. The first-order valence-corrected chi connectivity index (χ1v) is 7.72. The van der Waals surface area contributed by atoms with Crippen LogP contribution in [-0.2, 0) is 24.1 Å². The van der Waals surface area contributed by atoms with Crippen LogP contribution in [0.3, 0.4) is 0 Å². The number of benzene rings is 1. The smallest absolute Gasteiger partial charge is 0.118 e. The summed E-state index contributed by atoms with van der Waals surface area (Å²) in [5, 5.41) is 4.39. The molecule has 124 valence electrons. The Kier molecular flexibility index (Phi) is 7.33. The molecule has 0 aliphatic heterocycles. The summed E-state index contributed by atoms with van der Waals surface area (Å²) in [5.74, 6) is 0. The molecule has 0 unspecified atom stereocenters. The van der Waals surface area contributed by atoms with Crippen LogP contribution >= 0.6 is 12.4 Å². The van der Waals surface area contributed by atoms with Gasteiger partial charge in [0, 0.05) is 12.1 Å². The highest BCUT2D eigenvalue weighted by Crippen LogP contribution is 2.30. The minimum absolute atomic E-state index is 0. The van der Waals surface area contributed by atoms with Gasteiger partial charge in [-0.25, -0.2) is 0 Å². The zero-order valence-corrected chi connectivity index (χ0v) is 14.3. The first-order valence-electron chi connectivity index (χ1n) is 7.72. The average molecular weight is 327 g/mol. The topological polar surface area (TPSA) is 56.3 Å². The first kappa shape index (κ1) is 18.9. The molecule has 0 fully saturated rings. The van der Waals surface area contributed by atoms with Gasteiger partial charge in [-0.2, -0.15) is 0 Å². The summed E-state index contributed by atoms with van der Waals surface area (Å²) >= 11 is 0. The summed E-state index contributed by atoms with van der Waals surface area (Å²) in [6.07, 6.45) is 7.00. The molecule has 1 aromatic rings. The maximum Gasteiger partial charge on any atom is 0.118 e. The summed E-state index contributed by atoms with van der Waals surface area (Å²) < 4.78 is 0. The van der Waals surface area contributed by atoms with Gasteiger partial charge in [-0.3, -0.25) is 0 Å². The molecule has 0 saturated carbocycles. The molecule has 0 saturated heterocycles. The molecule has 0 amide bonds. The van der Waals surface area contributed by atoms with Crippen LogP contribution in [0.15, 0.2) is 17.3 Å².